The predicted octanol–water partition coefficient (Wildman–Crippen LogP) is 1.97. The molecule has 116 valence electrons. The van der Waals surface area contributed by atoms with Crippen molar-refractivity contribution in [3.8, 4) is 0 Å². The zero-order valence-corrected chi connectivity index (χ0v) is 13.3. The Morgan fingerprint density at radius 1 is 1.14 bits per heavy atom. The Morgan fingerprint density at radius 3 is 2.50 bits per heavy atom. The van der Waals surface area contributed by atoms with Crippen LogP contribution in [-0.4, -0.2) is 46.5 Å². The number of hydrogen-bond donors (Lipinski definition) is 1. The van der Waals surface area contributed by atoms with Crippen molar-refractivity contribution in [1.82, 2.24) is 20.0 Å². The van der Waals surface area contributed by atoms with E-state index in [2.05, 4.69) is 15.5 Å². The maximum absolute atomic E-state index is 10.8. The van der Waals surface area contributed by atoms with Gasteiger partial charge in [-0.2, -0.15) is 18.1 Å². The highest BCUT2D eigenvalue weighted by molar-refractivity contribution is 7.61. The third-order valence-electron chi connectivity index (χ3n) is 3.54. The SMILES string of the molecule is CO[P+](OC)(OC)C(O)c1cc2ccccc2n2nnnc12. The molecule has 2 heterocycles. The van der Waals surface area contributed by atoms with Crippen molar-refractivity contribution in [1.29, 1.82) is 0 Å². The van der Waals surface area contributed by atoms with Crippen molar-refractivity contribution in [3.05, 3.63) is 35.9 Å². The monoisotopic (exact) mass is 323 g/mol. The lowest BCUT2D eigenvalue weighted by atomic mass is 10.1. The summed E-state index contributed by atoms with van der Waals surface area (Å²) < 4.78 is 17.6. The van der Waals surface area contributed by atoms with Crippen LogP contribution in [-0.2, 0) is 13.6 Å². The molecule has 0 spiro atoms. The Morgan fingerprint density at radius 2 is 1.82 bits per heavy atom. The van der Waals surface area contributed by atoms with E-state index in [1.165, 1.54) is 21.3 Å². The molecule has 0 radical (unpaired) electrons. The van der Waals surface area contributed by atoms with Crippen molar-refractivity contribution in [2.24, 2.45) is 0 Å². The molecule has 0 bridgehead atoms. The number of aromatic nitrogens is 4. The number of tetrazole rings is 1. The van der Waals surface area contributed by atoms with Gasteiger partial charge >= 0.3 is 7.94 Å². The molecule has 0 saturated heterocycles. The molecular formula is C13H16N4O4P+. The summed E-state index contributed by atoms with van der Waals surface area (Å²) in [4.78, 5) is 0. The lowest BCUT2D eigenvalue weighted by molar-refractivity contribution is 0.135. The van der Waals surface area contributed by atoms with E-state index in [9.17, 15) is 5.11 Å². The first kappa shape index (κ1) is 15.2. The van der Waals surface area contributed by atoms with Crippen LogP contribution in [0.5, 0.6) is 0 Å². The molecule has 0 amide bonds. The predicted molar refractivity (Wildman–Crippen MR) is 81.2 cm³/mol. The summed E-state index contributed by atoms with van der Waals surface area (Å²) in [6, 6.07) is 9.44. The molecule has 2 aromatic heterocycles. The Kier molecular flexibility index (Phi) is 4.03. The Hall–Kier alpha value is -1.70. The van der Waals surface area contributed by atoms with Gasteiger partial charge in [0.15, 0.2) is 5.65 Å². The molecule has 3 rings (SSSR count). The average molecular weight is 323 g/mol. The summed E-state index contributed by atoms with van der Waals surface area (Å²) in [6.07, 6.45) is 0. The highest BCUT2D eigenvalue weighted by atomic mass is 31.2. The molecule has 0 aliphatic carbocycles. The van der Waals surface area contributed by atoms with Crippen molar-refractivity contribution >= 4 is 24.5 Å². The van der Waals surface area contributed by atoms with Gasteiger partial charge < -0.3 is 5.11 Å². The molecule has 0 fully saturated rings. The molecule has 3 aromatic rings. The maximum atomic E-state index is 10.8. The quantitative estimate of drug-likeness (QED) is 0.718. The molecule has 1 unspecified atom stereocenters. The normalized spacial score (nSPS) is 13.8. The van der Waals surface area contributed by atoms with Gasteiger partial charge in [0.1, 0.15) is 0 Å². The van der Waals surface area contributed by atoms with E-state index in [-0.39, 0.29) is 0 Å². The summed E-state index contributed by atoms with van der Waals surface area (Å²) in [5, 5.41) is 23.3. The van der Waals surface area contributed by atoms with Crippen LogP contribution >= 0.6 is 7.94 Å². The van der Waals surface area contributed by atoms with Crippen LogP contribution in [0.4, 0.5) is 0 Å². The molecular weight excluding hydrogens is 307 g/mol. The van der Waals surface area contributed by atoms with E-state index in [1.54, 1.807) is 4.52 Å². The number of hydrogen-bond acceptors (Lipinski definition) is 7. The van der Waals surface area contributed by atoms with E-state index in [0.717, 1.165) is 10.9 Å². The maximum Gasteiger partial charge on any atom is 0.446 e. The highest BCUT2D eigenvalue weighted by Gasteiger charge is 2.53. The van der Waals surface area contributed by atoms with Crippen molar-refractivity contribution < 1.29 is 18.7 Å². The largest absolute Gasteiger partial charge is 0.446 e. The van der Waals surface area contributed by atoms with Crippen LogP contribution < -0.4 is 0 Å². The Balaban J connectivity index is 2.27. The standard InChI is InChI=1S/C13H16N4O4P/c1-19-22(20-2,21-3)13(18)10-8-9-6-4-5-7-11(9)17-12(10)14-15-16-17/h4-8,13,18H,1-3H3/q+1. The van der Waals surface area contributed by atoms with Crippen molar-refractivity contribution in [3.63, 3.8) is 0 Å². The summed E-state index contributed by atoms with van der Waals surface area (Å²) in [5.41, 5.74) is 1.76. The lowest BCUT2D eigenvalue weighted by Gasteiger charge is -2.22. The first-order chi connectivity index (χ1) is 10.7. The second-order valence-electron chi connectivity index (χ2n) is 4.53. The summed E-state index contributed by atoms with van der Waals surface area (Å²) in [6.45, 7) is 0. The number of pyridine rings is 1. The first-order valence-corrected chi connectivity index (χ1v) is 8.11. The van der Waals surface area contributed by atoms with E-state index >= 15 is 0 Å². The third-order valence-corrected chi connectivity index (χ3v) is 5.95. The zero-order valence-electron chi connectivity index (χ0n) is 12.4. The van der Waals surface area contributed by atoms with Crippen LogP contribution in [0.3, 0.4) is 0 Å². The number of fused-ring (bicyclic) bond motifs is 3. The molecule has 1 aromatic carbocycles. The number of para-hydroxylation sites is 1. The van der Waals surface area contributed by atoms with Gasteiger partial charge in [-0.3, -0.25) is 0 Å². The molecule has 0 aliphatic rings. The van der Waals surface area contributed by atoms with E-state index in [4.69, 9.17) is 13.6 Å². The number of rotatable bonds is 5. The second kappa shape index (κ2) is 5.83. The van der Waals surface area contributed by atoms with Crippen LogP contribution in [0.25, 0.3) is 16.6 Å². The summed E-state index contributed by atoms with van der Waals surface area (Å²) in [5.74, 6) is -1.13. The minimum atomic E-state index is -2.96. The summed E-state index contributed by atoms with van der Waals surface area (Å²) in [7, 11) is 1.34. The van der Waals surface area contributed by atoms with E-state index in [1.807, 2.05) is 30.3 Å². The van der Waals surface area contributed by atoms with Crippen LogP contribution in [0.15, 0.2) is 30.3 Å². The number of aliphatic hydroxyl groups excluding tert-OH is 1. The van der Waals surface area contributed by atoms with Gasteiger partial charge in [0.2, 0.25) is 0 Å². The molecule has 8 nitrogen and oxygen atoms in total. The van der Waals surface area contributed by atoms with Gasteiger partial charge in [-0.05, 0) is 22.6 Å². The van der Waals surface area contributed by atoms with Gasteiger partial charge in [-0.15, -0.1) is 5.10 Å². The Labute approximate surface area is 127 Å². The average Bonchev–Trinajstić information content (AvgIpc) is 3.06. The molecule has 1 N–H and O–H groups in total. The Bertz CT molecular complexity index is 797. The van der Waals surface area contributed by atoms with Gasteiger partial charge in [-0.1, -0.05) is 18.2 Å². The van der Waals surface area contributed by atoms with Crippen molar-refractivity contribution in [2.45, 2.75) is 5.85 Å². The van der Waals surface area contributed by atoms with E-state index in [0.29, 0.717) is 11.2 Å². The fourth-order valence-corrected chi connectivity index (χ4v) is 4.02. The first-order valence-electron chi connectivity index (χ1n) is 6.50. The number of nitrogens with zero attached hydrogens (tertiary/aromatic N) is 4. The molecule has 9 heteroatoms. The lowest BCUT2D eigenvalue weighted by Crippen LogP contribution is -2.12. The summed E-state index contributed by atoms with van der Waals surface area (Å²) >= 11 is 0. The minimum Gasteiger partial charge on any atom is -0.349 e. The van der Waals surface area contributed by atoms with Gasteiger partial charge in [0.25, 0.3) is 5.85 Å². The minimum absolute atomic E-state index is 0.432. The van der Waals surface area contributed by atoms with Crippen LogP contribution in [0.2, 0.25) is 0 Å². The molecule has 1 atom stereocenters. The van der Waals surface area contributed by atoms with Crippen LogP contribution in [0.1, 0.15) is 11.4 Å². The highest BCUT2D eigenvalue weighted by Crippen LogP contribution is 2.70. The van der Waals surface area contributed by atoms with Crippen LogP contribution in [0, 0.1) is 0 Å². The number of aliphatic hydroxyl groups is 1. The van der Waals surface area contributed by atoms with Gasteiger partial charge in [0, 0.05) is 5.39 Å². The topological polar surface area (TPSA) is 91.0 Å². The van der Waals surface area contributed by atoms with Gasteiger partial charge in [-0.25, -0.2) is 0 Å². The zero-order chi connectivity index (χ0) is 15.7. The second-order valence-corrected chi connectivity index (χ2v) is 7.20. The number of benzene rings is 1. The smallest absolute Gasteiger partial charge is 0.349 e. The van der Waals surface area contributed by atoms with Gasteiger partial charge in [0.05, 0.1) is 32.4 Å². The molecule has 0 aliphatic heterocycles. The van der Waals surface area contributed by atoms with E-state index < -0.39 is 13.8 Å². The molecule has 22 heavy (non-hydrogen) atoms. The molecule has 0 saturated carbocycles. The third kappa shape index (κ3) is 2.16. The fourth-order valence-electron chi connectivity index (χ4n) is 2.45. The fraction of sp³-hybridized carbons (Fsp3) is 0.308. The van der Waals surface area contributed by atoms with Crippen molar-refractivity contribution in [2.75, 3.05) is 21.3 Å².